The number of hydrogen-bond donors (Lipinski definition) is 7. The molecule has 1 aromatic rings. The Morgan fingerprint density at radius 3 is 2.67 bits per heavy atom. The number of likely N-dealkylation sites (N-methyl/N-ethyl adjacent to an activating group) is 1. The first-order valence-corrected chi connectivity index (χ1v) is 14.2. The van der Waals surface area contributed by atoms with Crippen molar-refractivity contribution in [3.63, 3.8) is 0 Å². The van der Waals surface area contributed by atoms with Gasteiger partial charge in [0.1, 0.15) is 30.3 Å². The lowest BCUT2D eigenvalue weighted by atomic mass is 9.76. The van der Waals surface area contributed by atoms with Crippen molar-refractivity contribution in [2.75, 3.05) is 37.4 Å². The van der Waals surface area contributed by atoms with E-state index in [1.54, 1.807) is 6.07 Å². The standard InChI is InChI=1S/C26H40F3N7O4/c1-35(11-19-21(37)22(38)25(39-19)36-7-6-16-23(30)31-12-32-24(16)36)14-8-13(9-14)2-5-20-33-17-4-3-15(10-18(17)34-20)40-26(27,28)29/h3-4,10,13-14,16,19-25,31-34,37-38H,2,5-9,11-12,30H2,1H3. The van der Waals surface area contributed by atoms with E-state index in [1.807, 2.05) is 7.05 Å². The van der Waals surface area contributed by atoms with Crippen LogP contribution in [0.3, 0.4) is 0 Å². The number of fused-ring (bicyclic) bond motifs is 2. The van der Waals surface area contributed by atoms with E-state index in [0.717, 1.165) is 44.3 Å². The number of likely N-dealkylation sites (tertiary alicyclic amines) is 1. The molecule has 0 aromatic heterocycles. The molecule has 1 saturated carbocycles. The van der Waals surface area contributed by atoms with Crippen LogP contribution < -0.4 is 31.7 Å². The van der Waals surface area contributed by atoms with Crippen LogP contribution >= 0.6 is 0 Å². The smallest absolute Gasteiger partial charge is 0.406 e. The van der Waals surface area contributed by atoms with Crippen LogP contribution in [0.2, 0.25) is 0 Å². The molecule has 0 amide bonds. The summed E-state index contributed by atoms with van der Waals surface area (Å²) in [7, 11) is 2.03. The zero-order valence-corrected chi connectivity index (χ0v) is 22.5. The molecule has 8 atom stereocenters. The molecule has 40 heavy (non-hydrogen) atoms. The van der Waals surface area contributed by atoms with Crippen molar-refractivity contribution in [1.82, 2.24) is 20.4 Å². The largest absolute Gasteiger partial charge is 0.573 e. The first-order valence-electron chi connectivity index (χ1n) is 14.2. The lowest BCUT2D eigenvalue weighted by Gasteiger charge is -2.42. The third-order valence-corrected chi connectivity index (χ3v) is 9.31. The van der Waals surface area contributed by atoms with Gasteiger partial charge in [0.2, 0.25) is 0 Å². The van der Waals surface area contributed by atoms with Gasteiger partial charge in [-0.1, -0.05) is 0 Å². The lowest BCUT2D eigenvalue weighted by Crippen LogP contribution is -2.64. The number of nitrogens with zero attached hydrogens (tertiary/aromatic N) is 2. The number of aliphatic hydroxyl groups is 2. The zero-order valence-electron chi connectivity index (χ0n) is 22.5. The minimum Gasteiger partial charge on any atom is -0.406 e. The molecule has 4 fully saturated rings. The van der Waals surface area contributed by atoms with Crippen LogP contribution in [0.4, 0.5) is 24.5 Å². The van der Waals surface area contributed by atoms with Gasteiger partial charge < -0.3 is 41.0 Å². The van der Waals surface area contributed by atoms with Crippen molar-refractivity contribution >= 4 is 11.4 Å². The highest BCUT2D eigenvalue weighted by molar-refractivity contribution is 5.75. The van der Waals surface area contributed by atoms with Gasteiger partial charge in [-0.2, -0.15) is 0 Å². The first-order chi connectivity index (χ1) is 19.1. The highest BCUT2D eigenvalue weighted by Gasteiger charge is 2.52. The van der Waals surface area contributed by atoms with E-state index < -0.39 is 30.9 Å². The van der Waals surface area contributed by atoms with Gasteiger partial charge in [0.25, 0.3) is 0 Å². The highest BCUT2D eigenvalue weighted by atomic mass is 19.4. The summed E-state index contributed by atoms with van der Waals surface area (Å²) in [5, 5.41) is 34.8. The molecule has 0 radical (unpaired) electrons. The molecular weight excluding hydrogens is 531 g/mol. The number of halogens is 3. The van der Waals surface area contributed by atoms with Gasteiger partial charge in [-0.3, -0.25) is 15.5 Å². The maximum atomic E-state index is 12.5. The third-order valence-electron chi connectivity index (χ3n) is 9.31. The van der Waals surface area contributed by atoms with E-state index in [4.69, 9.17) is 10.5 Å². The average molecular weight is 572 g/mol. The summed E-state index contributed by atoms with van der Waals surface area (Å²) in [6.07, 6.45) is -3.05. The second kappa shape index (κ2) is 11.1. The zero-order chi connectivity index (χ0) is 28.2. The van der Waals surface area contributed by atoms with Crippen LogP contribution in [-0.4, -0.2) is 102 Å². The summed E-state index contributed by atoms with van der Waals surface area (Å²) in [5.41, 5.74) is 7.60. The molecule has 5 aliphatic rings. The van der Waals surface area contributed by atoms with Gasteiger partial charge in [0.15, 0.2) is 0 Å². The minimum atomic E-state index is -4.71. The average Bonchev–Trinajstić information content (AvgIpc) is 3.54. The van der Waals surface area contributed by atoms with Crippen LogP contribution in [0.15, 0.2) is 18.2 Å². The normalized spacial score (nSPS) is 39.4. The van der Waals surface area contributed by atoms with Gasteiger partial charge >= 0.3 is 6.36 Å². The molecule has 4 aliphatic heterocycles. The minimum absolute atomic E-state index is 0.0129. The third kappa shape index (κ3) is 5.73. The first kappa shape index (κ1) is 28.2. The Hall–Kier alpha value is -1.91. The van der Waals surface area contributed by atoms with Gasteiger partial charge in [0.05, 0.1) is 29.9 Å². The van der Waals surface area contributed by atoms with E-state index in [0.29, 0.717) is 30.9 Å². The van der Waals surface area contributed by atoms with Crippen LogP contribution in [-0.2, 0) is 4.74 Å². The Labute approximate surface area is 231 Å². The summed E-state index contributed by atoms with van der Waals surface area (Å²) >= 11 is 0. The van der Waals surface area contributed by atoms with Crippen LogP contribution in [0.25, 0.3) is 0 Å². The maximum absolute atomic E-state index is 12.5. The molecule has 1 aliphatic carbocycles. The molecule has 14 heteroatoms. The van der Waals surface area contributed by atoms with E-state index >= 15 is 0 Å². The number of ether oxygens (including phenoxy) is 2. The fraction of sp³-hybridized carbons (Fsp3) is 0.769. The topological polar surface area (TPSA) is 140 Å². The maximum Gasteiger partial charge on any atom is 0.573 e. The highest BCUT2D eigenvalue weighted by Crippen LogP contribution is 2.39. The van der Waals surface area contributed by atoms with Crippen molar-refractivity contribution < 1.29 is 32.9 Å². The molecule has 8 N–H and O–H groups in total. The van der Waals surface area contributed by atoms with Crippen molar-refractivity contribution in [1.29, 1.82) is 0 Å². The van der Waals surface area contributed by atoms with Gasteiger partial charge in [-0.25, -0.2) is 0 Å². The number of hydrogen-bond acceptors (Lipinski definition) is 11. The SMILES string of the molecule is CN(CC1OC(N2CCC3C(N)NCNC32)C(O)C1O)C1CC(CCC2Nc3ccc(OC(F)(F)F)cc3N2)C1. The Kier molecular flexibility index (Phi) is 7.80. The van der Waals surface area contributed by atoms with E-state index in [-0.39, 0.29) is 30.2 Å². The summed E-state index contributed by atoms with van der Waals surface area (Å²) in [6, 6.07) is 4.65. The van der Waals surface area contributed by atoms with E-state index in [1.165, 1.54) is 12.1 Å². The predicted molar refractivity (Wildman–Crippen MR) is 141 cm³/mol. The Balaban J connectivity index is 0.931. The molecule has 8 unspecified atom stereocenters. The Morgan fingerprint density at radius 2 is 1.90 bits per heavy atom. The molecule has 0 bridgehead atoms. The van der Waals surface area contributed by atoms with Crippen LogP contribution in [0, 0.1) is 11.8 Å². The van der Waals surface area contributed by atoms with E-state index in [9.17, 15) is 23.4 Å². The number of anilines is 2. The summed E-state index contributed by atoms with van der Waals surface area (Å²) in [6.45, 7) is 1.88. The number of alkyl halides is 3. The van der Waals surface area contributed by atoms with Crippen LogP contribution in [0.5, 0.6) is 5.75 Å². The second-order valence-corrected chi connectivity index (χ2v) is 11.9. The molecule has 224 valence electrons. The number of benzene rings is 1. The van der Waals surface area contributed by atoms with Crippen molar-refractivity contribution in [2.24, 2.45) is 17.6 Å². The molecule has 0 spiro atoms. The number of nitrogens with one attached hydrogen (secondary N) is 4. The molecule has 11 nitrogen and oxygen atoms in total. The number of nitrogens with two attached hydrogens (primary N) is 1. The summed E-state index contributed by atoms with van der Waals surface area (Å²) < 4.78 is 47.8. The number of aliphatic hydroxyl groups excluding tert-OH is 2. The lowest BCUT2D eigenvalue weighted by molar-refractivity contribution is -0.274. The second-order valence-electron chi connectivity index (χ2n) is 11.9. The molecule has 6 rings (SSSR count). The monoisotopic (exact) mass is 571 g/mol. The fourth-order valence-corrected chi connectivity index (χ4v) is 7.01. The molecule has 1 aromatic carbocycles. The van der Waals surface area contributed by atoms with Gasteiger partial charge in [-0.05, 0) is 57.2 Å². The van der Waals surface area contributed by atoms with E-state index in [2.05, 4.69) is 35.8 Å². The van der Waals surface area contributed by atoms with Crippen LogP contribution in [0.1, 0.15) is 32.1 Å². The van der Waals surface area contributed by atoms with Crippen molar-refractivity contribution in [3.05, 3.63) is 18.2 Å². The fourth-order valence-electron chi connectivity index (χ4n) is 7.01. The van der Waals surface area contributed by atoms with Gasteiger partial charge in [0, 0.05) is 37.8 Å². The molecule has 4 heterocycles. The molecule has 3 saturated heterocycles. The predicted octanol–water partition coefficient (Wildman–Crippen LogP) is 0.769. The Bertz CT molecular complexity index is 1050. The summed E-state index contributed by atoms with van der Waals surface area (Å²) in [4.78, 5) is 4.32. The number of rotatable bonds is 8. The quantitative estimate of drug-likeness (QED) is 0.238. The Morgan fingerprint density at radius 1 is 1.12 bits per heavy atom. The molecular formula is C26H40F3N7O4. The van der Waals surface area contributed by atoms with Crippen molar-refractivity contribution in [2.45, 2.75) is 87.5 Å². The van der Waals surface area contributed by atoms with Gasteiger partial charge in [-0.15, -0.1) is 13.2 Å². The van der Waals surface area contributed by atoms with Crippen molar-refractivity contribution in [3.8, 4) is 5.75 Å². The summed E-state index contributed by atoms with van der Waals surface area (Å²) in [5.74, 6) is 0.534.